The summed E-state index contributed by atoms with van der Waals surface area (Å²) in [6, 6.07) is -0.0343. The van der Waals surface area contributed by atoms with E-state index in [1.54, 1.807) is 4.68 Å². The van der Waals surface area contributed by atoms with Gasteiger partial charge in [-0.05, 0) is 13.3 Å². The van der Waals surface area contributed by atoms with Crippen LogP contribution >= 0.6 is 11.6 Å². The van der Waals surface area contributed by atoms with E-state index in [1.807, 2.05) is 24.1 Å². The van der Waals surface area contributed by atoms with Crippen LogP contribution in [0, 0.1) is 0 Å². The van der Waals surface area contributed by atoms with E-state index in [4.69, 9.17) is 17.4 Å². The fourth-order valence-corrected chi connectivity index (χ4v) is 2.64. The first kappa shape index (κ1) is 15.0. The Morgan fingerprint density at radius 1 is 1.45 bits per heavy atom. The number of hydrogen-bond donors (Lipinski definition) is 2. The Morgan fingerprint density at radius 3 is 2.70 bits per heavy atom. The van der Waals surface area contributed by atoms with Crippen LogP contribution in [0.3, 0.4) is 0 Å². The molecule has 0 fully saturated rings. The summed E-state index contributed by atoms with van der Waals surface area (Å²) in [6.07, 6.45) is 5.27. The van der Waals surface area contributed by atoms with Crippen molar-refractivity contribution in [3.05, 3.63) is 34.4 Å². The van der Waals surface area contributed by atoms with Gasteiger partial charge in [-0.1, -0.05) is 18.5 Å². The standard InChI is InChI=1S/C13H21ClN6/c1-4-10-13(14)12(20(5-2)18-10)6-11(17-15)9-7-16-19(3)8-9/h7-8,11,17H,4-6,15H2,1-3H3. The number of nitrogens with one attached hydrogen (secondary N) is 1. The molecule has 3 N–H and O–H groups in total. The molecule has 0 aliphatic heterocycles. The van der Waals surface area contributed by atoms with Gasteiger partial charge in [-0.3, -0.25) is 20.6 Å². The minimum Gasteiger partial charge on any atom is -0.275 e. The summed E-state index contributed by atoms with van der Waals surface area (Å²) in [7, 11) is 1.88. The number of aryl methyl sites for hydroxylation is 3. The average molecular weight is 297 g/mol. The molecule has 0 radical (unpaired) electrons. The maximum Gasteiger partial charge on any atom is 0.0850 e. The van der Waals surface area contributed by atoms with E-state index >= 15 is 0 Å². The normalized spacial score (nSPS) is 12.8. The smallest absolute Gasteiger partial charge is 0.0850 e. The van der Waals surface area contributed by atoms with Crippen molar-refractivity contribution >= 4 is 11.6 Å². The van der Waals surface area contributed by atoms with Gasteiger partial charge in [0.25, 0.3) is 0 Å². The van der Waals surface area contributed by atoms with Gasteiger partial charge < -0.3 is 0 Å². The van der Waals surface area contributed by atoms with Gasteiger partial charge in [0.2, 0.25) is 0 Å². The third-order valence-electron chi connectivity index (χ3n) is 3.42. The molecule has 2 aromatic heterocycles. The van der Waals surface area contributed by atoms with Gasteiger partial charge in [-0.2, -0.15) is 10.2 Å². The monoisotopic (exact) mass is 296 g/mol. The van der Waals surface area contributed by atoms with Crippen LogP contribution in [0.1, 0.15) is 36.8 Å². The average Bonchev–Trinajstić information content (AvgIpc) is 3.00. The Kier molecular flexibility index (Phi) is 4.80. The number of halogens is 1. The summed E-state index contributed by atoms with van der Waals surface area (Å²) >= 11 is 6.43. The SMILES string of the molecule is CCc1nn(CC)c(CC(NN)c2cnn(C)c2)c1Cl. The molecule has 0 saturated heterocycles. The second kappa shape index (κ2) is 6.39. The first-order valence-electron chi connectivity index (χ1n) is 6.79. The first-order chi connectivity index (χ1) is 9.60. The number of nitrogens with two attached hydrogens (primary N) is 1. The summed E-state index contributed by atoms with van der Waals surface area (Å²) in [4.78, 5) is 0. The van der Waals surface area contributed by atoms with Gasteiger partial charge in [0.15, 0.2) is 0 Å². The lowest BCUT2D eigenvalue weighted by atomic mass is 10.1. The zero-order valence-electron chi connectivity index (χ0n) is 12.1. The maximum atomic E-state index is 6.43. The van der Waals surface area contributed by atoms with Gasteiger partial charge in [-0.15, -0.1) is 0 Å². The van der Waals surface area contributed by atoms with Gasteiger partial charge in [0.05, 0.1) is 28.6 Å². The molecule has 110 valence electrons. The Labute approximate surface area is 123 Å². The van der Waals surface area contributed by atoms with Crippen molar-refractivity contribution in [1.82, 2.24) is 25.0 Å². The summed E-state index contributed by atoms with van der Waals surface area (Å²) < 4.78 is 3.71. The van der Waals surface area contributed by atoms with E-state index in [9.17, 15) is 0 Å². The van der Waals surface area contributed by atoms with Crippen molar-refractivity contribution in [3.63, 3.8) is 0 Å². The van der Waals surface area contributed by atoms with Crippen molar-refractivity contribution in [1.29, 1.82) is 0 Å². The van der Waals surface area contributed by atoms with E-state index in [1.165, 1.54) is 0 Å². The van der Waals surface area contributed by atoms with Crippen molar-refractivity contribution < 1.29 is 0 Å². The number of hydrazine groups is 1. The van der Waals surface area contributed by atoms with Gasteiger partial charge in [0.1, 0.15) is 0 Å². The Hall–Kier alpha value is -1.37. The lowest BCUT2D eigenvalue weighted by Crippen LogP contribution is -2.30. The van der Waals surface area contributed by atoms with Crippen LogP contribution in [0.25, 0.3) is 0 Å². The summed E-state index contributed by atoms with van der Waals surface area (Å²) in [6.45, 7) is 4.90. The van der Waals surface area contributed by atoms with E-state index in [2.05, 4.69) is 29.5 Å². The molecule has 1 atom stereocenters. The largest absolute Gasteiger partial charge is 0.275 e. The zero-order valence-corrected chi connectivity index (χ0v) is 12.9. The van der Waals surface area contributed by atoms with Crippen LogP contribution in [0.15, 0.2) is 12.4 Å². The lowest BCUT2D eigenvalue weighted by molar-refractivity contribution is 0.516. The molecule has 0 spiro atoms. The van der Waals surface area contributed by atoms with E-state index in [-0.39, 0.29) is 6.04 Å². The van der Waals surface area contributed by atoms with Crippen molar-refractivity contribution in [2.75, 3.05) is 0 Å². The highest BCUT2D eigenvalue weighted by Gasteiger charge is 2.20. The van der Waals surface area contributed by atoms with Gasteiger partial charge in [0, 0.05) is 31.8 Å². The number of nitrogens with zero attached hydrogens (tertiary/aromatic N) is 4. The van der Waals surface area contributed by atoms with Gasteiger partial charge >= 0.3 is 0 Å². The predicted molar refractivity (Wildman–Crippen MR) is 79.3 cm³/mol. The molecule has 6 nitrogen and oxygen atoms in total. The molecule has 2 heterocycles. The second-order valence-corrected chi connectivity index (χ2v) is 5.13. The minimum atomic E-state index is -0.0343. The summed E-state index contributed by atoms with van der Waals surface area (Å²) in [5.74, 6) is 5.68. The van der Waals surface area contributed by atoms with E-state index in [0.29, 0.717) is 6.42 Å². The van der Waals surface area contributed by atoms with Gasteiger partial charge in [-0.25, -0.2) is 0 Å². The molecule has 0 amide bonds. The summed E-state index contributed by atoms with van der Waals surface area (Å²) in [5, 5.41) is 9.46. The highest BCUT2D eigenvalue weighted by atomic mass is 35.5. The molecular weight excluding hydrogens is 276 g/mol. The van der Waals surface area contributed by atoms with Crippen molar-refractivity contribution in [2.24, 2.45) is 12.9 Å². The third kappa shape index (κ3) is 2.87. The Balaban J connectivity index is 2.29. The Bertz CT molecular complexity index is 573. The number of rotatable bonds is 6. The third-order valence-corrected chi connectivity index (χ3v) is 3.86. The van der Waals surface area contributed by atoms with Crippen LogP contribution in [0.4, 0.5) is 0 Å². The minimum absolute atomic E-state index is 0.0343. The van der Waals surface area contributed by atoms with Crippen LogP contribution in [0.2, 0.25) is 5.02 Å². The molecule has 0 aromatic carbocycles. The van der Waals surface area contributed by atoms with E-state index < -0.39 is 0 Å². The number of hydrogen-bond acceptors (Lipinski definition) is 4. The molecule has 0 aliphatic carbocycles. The summed E-state index contributed by atoms with van der Waals surface area (Å²) in [5.41, 5.74) is 5.82. The Morgan fingerprint density at radius 2 is 2.20 bits per heavy atom. The molecule has 0 aliphatic rings. The van der Waals surface area contributed by atoms with Crippen LogP contribution in [-0.2, 0) is 26.4 Å². The maximum absolute atomic E-state index is 6.43. The molecule has 0 saturated carbocycles. The zero-order chi connectivity index (χ0) is 14.7. The topological polar surface area (TPSA) is 73.7 Å². The molecule has 1 unspecified atom stereocenters. The van der Waals surface area contributed by atoms with Crippen molar-refractivity contribution in [3.8, 4) is 0 Å². The predicted octanol–water partition coefficient (Wildman–Crippen LogP) is 1.60. The first-order valence-corrected chi connectivity index (χ1v) is 7.17. The fourth-order valence-electron chi connectivity index (χ4n) is 2.30. The molecular formula is C13H21ClN6. The quantitative estimate of drug-likeness (QED) is 0.627. The van der Waals surface area contributed by atoms with Crippen molar-refractivity contribution in [2.45, 2.75) is 39.3 Å². The second-order valence-electron chi connectivity index (χ2n) is 4.75. The van der Waals surface area contributed by atoms with Crippen LogP contribution in [0.5, 0.6) is 0 Å². The molecule has 0 bridgehead atoms. The molecule has 2 aromatic rings. The van der Waals surface area contributed by atoms with Crippen LogP contribution < -0.4 is 11.3 Å². The molecule has 7 heteroatoms. The fraction of sp³-hybridized carbons (Fsp3) is 0.538. The van der Waals surface area contributed by atoms with Crippen LogP contribution in [-0.4, -0.2) is 19.6 Å². The molecule has 2 rings (SSSR count). The highest BCUT2D eigenvalue weighted by Crippen LogP contribution is 2.26. The highest BCUT2D eigenvalue weighted by molar-refractivity contribution is 6.31. The lowest BCUT2D eigenvalue weighted by Gasteiger charge is -2.15. The van der Waals surface area contributed by atoms with E-state index in [0.717, 1.165) is 34.9 Å². The molecule has 20 heavy (non-hydrogen) atoms. The number of aromatic nitrogens is 4.